The van der Waals surface area contributed by atoms with Crippen LogP contribution >= 0.6 is 34.8 Å². The van der Waals surface area contributed by atoms with Crippen molar-refractivity contribution in [2.75, 3.05) is 6.61 Å². The maximum Gasteiger partial charge on any atom is 0.254 e. The molecule has 6 heteroatoms. The molecule has 1 atom stereocenters. The van der Waals surface area contributed by atoms with Crippen molar-refractivity contribution in [3.63, 3.8) is 0 Å². The smallest absolute Gasteiger partial charge is 0.254 e. The van der Waals surface area contributed by atoms with Crippen LogP contribution in [0.3, 0.4) is 0 Å². The highest BCUT2D eigenvalue weighted by molar-refractivity contribution is 6.46. The quantitative estimate of drug-likeness (QED) is 0.810. The maximum absolute atomic E-state index is 12.1. The van der Waals surface area contributed by atoms with E-state index in [1.165, 1.54) is 12.1 Å². The molecular formula is C13H16Cl3NO2. The highest BCUT2D eigenvalue weighted by atomic mass is 35.5. The van der Waals surface area contributed by atoms with Crippen LogP contribution in [0.5, 0.6) is 0 Å². The summed E-state index contributed by atoms with van der Waals surface area (Å²) >= 11 is 17.8. The Labute approximate surface area is 127 Å². The van der Waals surface area contributed by atoms with Crippen LogP contribution in [0, 0.1) is 5.92 Å². The SMILES string of the molecule is CC(C)CC(CO)NC(=O)c1c(Cl)ccc(Cl)c1Cl. The number of hydrogen-bond donors (Lipinski definition) is 2. The van der Waals surface area contributed by atoms with Crippen LogP contribution in [0.15, 0.2) is 12.1 Å². The number of aliphatic hydroxyl groups excluding tert-OH is 1. The molecule has 1 unspecified atom stereocenters. The van der Waals surface area contributed by atoms with E-state index in [0.717, 1.165) is 0 Å². The predicted octanol–water partition coefficient (Wildman–Crippen LogP) is 3.78. The van der Waals surface area contributed by atoms with E-state index in [2.05, 4.69) is 5.32 Å². The Balaban J connectivity index is 2.92. The van der Waals surface area contributed by atoms with Gasteiger partial charge in [0, 0.05) is 0 Å². The van der Waals surface area contributed by atoms with E-state index < -0.39 is 5.91 Å². The van der Waals surface area contributed by atoms with E-state index in [4.69, 9.17) is 34.8 Å². The van der Waals surface area contributed by atoms with Gasteiger partial charge in [-0.2, -0.15) is 0 Å². The van der Waals surface area contributed by atoms with Crippen molar-refractivity contribution in [2.45, 2.75) is 26.3 Å². The van der Waals surface area contributed by atoms with Crippen LogP contribution in [0.4, 0.5) is 0 Å². The van der Waals surface area contributed by atoms with Gasteiger partial charge in [-0.3, -0.25) is 4.79 Å². The highest BCUT2D eigenvalue weighted by Crippen LogP contribution is 2.31. The van der Waals surface area contributed by atoms with E-state index in [1.54, 1.807) is 0 Å². The summed E-state index contributed by atoms with van der Waals surface area (Å²) in [5.41, 5.74) is 0.137. The molecule has 0 aliphatic rings. The third-order valence-corrected chi connectivity index (χ3v) is 3.70. The Kier molecular flexibility index (Phi) is 6.40. The van der Waals surface area contributed by atoms with Gasteiger partial charge >= 0.3 is 0 Å². The highest BCUT2D eigenvalue weighted by Gasteiger charge is 2.20. The lowest BCUT2D eigenvalue weighted by Crippen LogP contribution is -2.38. The second-order valence-corrected chi connectivity index (χ2v) is 5.89. The number of amides is 1. The van der Waals surface area contributed by atoms with Crippen LogP contribution in [-0.4, -0.2) is 23.7 Å². The van der Waals surface area contributed by atoms with Gasteiger partial charge in [-0.1, -0.05) is 48.7 Å². The van der Waals surface area contributed by atoms with Crippen LogP contribution in [0.1, 0.15) is 30.6 Å². The Morgan fingerprint density at radius 1 is 1.26 bits per heavy atom. The predicted molar refractivity (Wildman–Crippen MR) is 79.3 cm³/mol. The van der Waals surface area contributed by atoms with Crippen LogP contribution in [-0.2, 0) is 0 Å². The lowest BCUT2D eigenvalue weighted by molar-refractivity contribution is 0.0908. The van der Waals surface area contributed by atoms with Gasteiger partial charge in [-0.15, -0.1) is 0 Å². The summed E-state index contributed by atoms with van der Waals surface area (Å²) in [5.74, 6) is -0.0834. The van der Waals surface area contributed by atoms with E-state index in [9.17, 15) is 9.90 Å². The van der Waals surface area contributed by atoms with Gasteiger partial charge in [0.05, 0.1) is 33.3 Å². The Morgan fingerprint density at radius 3 is 2.37 bits per heavy atom. The zero-order valence-electron chi connectivity index (χ0n) is 10.7. The molecule has 19 heavy (non-hydrogen) atoms. The first-order valence-corrected chi connectivity index (χ1v) is 7.05. The molecule has 0 aliphatic carbocycles. The minimum absolute atomic E-state index is 0.118. The first kappa shape index (κ1) is 16.6. The summed E-state index contributed by atoms with van der Waals surface area (Å²) in [6.45, 7) is 3.88. The summed E-state index contributed by atoms with van der Waals surface area (Å²) in [5, 5.41) is 12.6. The number of carbonyl (C=O) groups excluding carboxylic acids is 1. The fraction of sp³-hybridized carbons (Fsp3) is 0.462. The summed E-state index contributed by atoms with van der Waals surface area (Å²) in [6.07, 6.45) is 0.665. The van der Waals surface area contributed by atoms with E-state index in [0.29, 0.717) is 12.3 Å². The first-order valence-electron chi connectivity index (χ1n) is 5.92. The first-order chi connectivity index (χ1) is 8.86. The van der Waals surface area contributed by atoms with Gasteiger partial charge in [0.1, 0.15) is 0 Å². The summed E-state index contributed by atoms with van der Waals surface area (Å²) in [6, 6.07) is 2.71. The summed E-state index contributed by atoms with van der Waals surface area (Å²) in [4.78, 5) is 12.1. The number of aliphatic hydroxyl groups is 1. The number of halogens is 3. The standard InChI is InChI=1S/C13H16Cl3NO2/c1-7(2)5-8(6-18)17-13(19)11-9(14)3-4-10(15)12(11)16/h3-4,7-8,18H,5-6H2,1-2H3,(H,17,19). The van der Waals surface area contributed by atoms with E-state index >= 15 is 0 Å². The molecule has 0 aromatic heterocycles. The lowest BCUT2D eigenvalue weighted by Gasteiger charge is -2.19. The number of benzene rings is 1. The molecule has 0 spiro atoms. The van der Waals surface area contributed by atoms with Gasteiger partial charge in [-0.25, -0.2) is 0 Å². The summed E-state index contributed by atoms with van der Waals surface area (Å²) < 4.78 is 0. The van der Waals surface area contributed by atoms with Crippen molar-refractivity contribution >= 4 is 40.7 Å². The molecule has 1 aromatic carbocycles. The minimum atomic E-state index is -0.433. The number of nitrogens with one attached hydrogen (secondary N) is 1. The van der Waals surface area contributed by atoms with Gasteiger partial charge in [0.2, 0.25) is 0 Å². The molecule has 1 amide bonds. The number of hydrogen-bond acceptors (Lipinski definition) is 2. The molecule has 0 bridgehead atoms. The third kappa shape index (κ3) is 4.53. The molecule has 0 saturated carbocycles. The largest absolute Gasteiger partial charge is 0.394 e. The Bertz CT molecular complexity index is 463. The van der Waals surface area contributed by atoms with Crippen molar-refractivity contribution in [1.29, 1.82) is 0 Å². The zero-order chi connectivity index (χ0) is 14.6. The average molecular weight is 325 g/mol. The number of carbonyl (C=O) groups is 1. The van der Waals surface area contributed by atoms with Crippen molar-refractivity contribution in [3.05, 3.63) is 32.8 Å². The maximum atomic E-state index is 12.1. The van der Waals surface area contributed by atoms with Crippen LogP contribution in [0.2, 0.25) is 15.1 Å². The Morgan fingerprint density at radius 2 is 1.84 bits per heavy atom. The molecule has 0 aliphatic heterocycles. The molecule has 0 fully saturated rings. The van der Waals surface area contributed by atoms with Gasteiger partial charge in [0.25, 0.3) is 5.91 Å². The third-order valence-electron chi connectivity index (χ3n) is 2.58. The molecule has 106 valence electrons. The van der Waals surface area contributed by atoms with Crippen molar-refractivity contribution in [2.24, 2.45) is 5.92 Å². The molecule has 0 saturated heterocycles. The second kappa shape index (κ2) is 7.34. The summed E-state index contributed by atoms with van der Waals surface area (Å²) in [7, 11) is 0. The molecule has 1 rings (SSSR count). The van der Waals surface area contributed by atoms with Gasteiger partial charge in [0.15, 0.2) is 0 Å². The van der Waals surface area contributed by atoms with Gasteiger partial charge in [-0.05, 0) is 24.5 Å². The fourth-order valence-electron chi connectivity index (χ4n) is 1.74. The molecule has 1 aromatic rings. The van der Waals surface area contributed by atoms with E-state index in [-0.39, 0.29) is 33.3 Å². The molecule has 0 heterocycles. The van der Waals surface area contributed by atoms with Crippen molar-refractivity contribution in [3.8, 4) is 0 Å². The fourth-order valence-corrected chi connectivity index (χ4v) is 2.44. The van der Waals surface area contributed by atoms with Crippen LogP contribution < -0.4 is 5.32 Å². The van der Waals surface area contributed by atoms with E-state index in [1.807, 2.05) is 13.8 Å². The van der Waals surface area contributed by atoms with Crippen molar-refractivity contribution in [1.82, 2.24) is 5.32 Å². The molecule has 2 N–H and O–H groups in total. The molecule has 3 nitrogen and oxygen atoms in total. The van der Waals surface area contributed by atoms with Crippen LogP contribution in [0.25, 0.3) is 0 Å². The molecular weight excluding hydrogens is 309 g/mol. The minimum Gasteiger partial charge on any atom is -0.394 e. The lowest BCUT2D eigenvalue weighted by atomic mass is 10.0. The zero-order valence-corrected chi connectivity index (χ0v) is 13.0. The topological polar surface area (TPSA) is 49.3 Å². The van der Waals surface area contributed by atoms with Gasteiger partial charge < -0.3 is 10.4 Å². The second-order valence-electron chi connectivity index (χ2n) is 4.70. The number of rotatable bonds is 5. The normalized spacial score (nSPS) is 12.6. The van der Waals surface area contributed by atoms with Crippen molar-refractivity contribution < 1.29 is 9.90 Å². The average Bonchev–Trinajstić information content (AvgIpc) is 2.33. The molecule has 0 radical (unpaired) electrons. The Hall–Kier alpha value is -0.480. The monoisotopic (exact) mass is 323 g/mol.